The molecule has 4 rings (SSSR count). The van der Waals surface area contributed by atoms with E-state index in [1.165, 1.54) is 31.3 Å². The Bertz CT molecular complexity index is 1370. The van der Waals surface area contributed by atoms with Crippen molar-refractivity contribution >= 4 is 17.9 Å². The number of nitrogens with zero attached hydrogens (tertiary/aromatic N) is 3. The fourth-order valence-corrected chi connectivity index (χ4v) is 5.30. The van der Waals surface area contributed by atoms with Crippen LogP contribution in [0.15, 0.2) is 53.7 Å². The Morgan fingerprint density at radius 2 is 1.65 bits per heavy atom. The van der Waals surface area contributed by atoms with Gasteiger partial charge in [-0.3, -0.25) is 14.6 Å². The third-order valence-corrected chi connectivity index (χ3v) is 7.58. The number of amides is 3. The summed E-state index contributed by atoms with van der Waals surface area (Å²) in [6, 6.07) is 7.71. The Balaban J connectivity index is 1.60. The summed E-state index contributed by atoms with van der Waals surface area (Å²) in [5, 5.41) is 2.88. The van der Waals surface area contributed by atoms with E-state index in [1.54, 1.807) is 37.1 Å². The lowest BCUT2D eigenvalue weighted by Crippen LogP contribution is -2.56. The number of halogens is 3. The molecular weight excluding hydrogens is 569 g/mol. The first-order valence-corrected chi connectivity index (χ1v) is 13.8. The minimum absolute atomic E-state index is 0.128. The van der Waals surface area contributed by atoms with Gasteiger partial charge in [-0.2, -0.15) is 13.2 Å². The molecule has 2 atom stereocenters. The molecule has 2 aromatic rings. The van der Waals surface area contributed by atoms with Crippen molar-refractivity contribution in [2.75, 3.05) is 54.1 Å². The van der Waals surface area contributed by atoms with Gasteiger partial charge in [-0.1, -0.05) is 0 Å². The van der Waals surface area contributed by atoms with E-state index in [0.717, 1.165) is 12.1 Å². The molecule has 2 aliphatic rings. The minimum Gasteiger partial charge on any atom is -0.497 e. The summed E-state index contributed by atoms with van der Waals surface area (Å²) in [6.45, 7) is 4.99. The van der Waals surface area contributed by atoms with Crippen molar-refractivity contribution in [2.24, 2.45) is 0 Å². The van der Waals surface area contributed by atoms with Crippen LogP contribution in [0, 0.1) is 0 Å². The number of esters is 1. The number of rotatable bonds is 8. The van der Waals surface area contributed by atoms with E-state index in [4.69, 9.17) is 14.2 Å². The molecule has 2 aromatic carbocycles. The van der Waals surface area contributed by atoms with Crippen LogP contribution in [-0.4, -0.2) is 92.7 Å². The molecule has 0 saturated carbocycles. The molecule has 232 valence electrons. The van der Waals surface area contributed by atoms with Crippen LogP contribution in [0.3, 0.4) is 0 Å². The van der Waals surface area contributed by atoms with E-state index >= 15 is 0 Å². The third-order valence-electron chi connectivity index (χ3n) is 7.58. The average molecular weight is 605 g/mol. The maximum atomic E-state index is 13.4. The Morgan fingerprint density at radius 3 is 2.19 bits per heavy atom. The smallest absolute Gasteiger partial charge is 0.416 e. The third kappa shape index (κ3) is 6.87. The number of hydrogen-bond donors (Lipinski definition) is 1. The topological polar surface area (TPSA) is 101 Å². The molecule has 13 heteroatoms. The molecule has 1 N–H and O–H groups in total. The van der Waals surface area contributed by atoms with Crippen LogP contribution in [0.25, 0.3) is 0 Å². The lowest BCUT2D eigenvalue weighted by Gasteiger charge is -2.42. The summed E-state index contributed by atoms with van der Waals surface area (Å²) in [4.78, 5) is 44.7. The van der Waals surface area contributed by atoms with Crippen LogP contribution in [0.1, 0.15) is 41.4 Å². The fourth-order valence-electron chi connectivity index (χ4n) is 5.30. The molecule has 0 spiro atoms. The fraction of sp³-hybridized carbons (Fsp3) is 0.433. The van der Waals surface area contributed by atoms with Crippen molar-refractivity contribution in [3.05, 3.63) is 70.4 Å². The van der Waals surface area contributed by atoms with Gasteiger partial charge in [-0.25, -0.2) is 9.59 Å². The van der Waals surface area contributed by atoms with Crippen LogP contribution in [0.2, 0.25) is 0 Å². The van der Waals surface area contributed by atoms with Gasteiger partial charge in [0.1, 0.15) is 11.5 Å². The number of urea groups is 1. The van der Waals surface area contributed by atoms with E-state index in [2.05, 4.69) is 5.32 Å². The molecule has 1 saturated heterocycles. The normalized spacial score (nSPS) is 19.7. The zero-order valence-corrected chi connectivity index (χ0v) is 24.7. The first kappa shape index (κ1) is 31.7. The molecule has 2 aliphatic heterocycles. The van der Waals surface area contributed by atoms with Crippen molar-refractivity contribution in [2.45, 2.75) is 32.1 Å². The summed E-state index contributed by atoms with van der Waals surface area (Å²) in [5.41, 5.74) is 0.622. The molecular formula is C30H35F3N4O6. The Kier molecular flexibility index (Phi) is 9.53. The lowest BCUT2D eigenvalue weighted by molar-refractivity contribution is -0.139. The van der Waals surface area contributed by atoms with Gasteiger partial charge in [-0.15, -0.1) is 0 Å². The van der Waals surface area contributed by atoms with Crippen LogP contribution in [0.4, 0.5) is 18.0 Å². The Hall–Kier alpha value is -4.26. The molecule has 0 bridgehead atoms. The number of alkyl halides is 3. The predicted molar refractivity (Wildman–Crippen MR) is 151 cm³/mol. The minimum atomic E-state index is -4.49. The van der Waals surface area contributed by atoms with E-state index in [9.17, 15) is 27.6 Å². The van der Waals surface area contributed by atoms with E-state index < -0.39 is 29.8 Å². The highest BCUT2D eigenvalue weighted by Crippen LogP contribution is 2.35. The summed E-state index contributed by atoms with van der Waals surface area (Å²) in [5.74, 6) is 0.0127. The highest BCUT2D eigenvalue weighted by molar-refractivity contribution is 5.95. The standard InChI is InChI=1S/C30H35F3N4O6/c1-6-43-28(39)25-24(35(3)29(40)34-26(25)20-13-22(41-4)15-23(14-20)42-5)17-36-11-12-37(18(2)16-36)27(38)19-7-9-21(10-8-19)30(31,32)33/h7-10,13-15,18,26H,6,11-12,16-17H2,1-5H3,(H,34,40)/t18-,26+/m1/s1. The monoisotopic (exact) mass is 604 g/mol. The summed E-state index contributed by atoms with van der Waals surface area (Å²) >= 11 is 0. The number of nitrogens with one attached hydrogen (secondary N) is 1. The molecule has 0 aliphatic carbocycles. The summed E-state index contributed by atoms with van der Waals surface area (Å²) in [7, 11) is 4.57. The second-order valence-electron chi connectivity index (χ2n) is 10.3. The van der Waals surface area contributed by atoms with Crippen molar-refractivity contribution in [1.29, 1.82) is 0 Å². The number of carbonyl (C=O) groups is 3. The number of likely N-dealkylation sites (N-methyl/N-ethyl adjacent to an activating group) is 1. The number of benzene rings is 2. The Morgan fingerprint density at radius 1 is 1.02 bits per heavy atom. The van der Waals surface area contributed by atoms with Gasteiger partial charge in [-0.05, 0) is 55.8 Å². The van der Waals surface area contributed by atoms with E-state index in [-0.39, 0.29) is 36.2 Å². The van der Waals surface area contributed by atoms with Gasteiger partial charge in [0, 0.05) is 56.6 Å². The molecule has 2 heterocycles. The van der Waals surface area contributed by atoms with Crippen molar-refractivity contribution < 1.29 is 41.8 Å². The number of ether oxygens (including phenoxy) is 3. The van der Waals surface area contributed by atoms with Crippen LogP contribution >= 0.6 is 0 Å². The molecule has 3 amide bonds. The van der Waals surface area contributed by atoms with E-state index in [1.807, 2.05) is 11.8 Å². The predicted octanol–water partition coefficient (Wildman–Crippen LogP) is 4.08. The summed E-state index contributed by atoms with van der Waals surface area (Å²) in [6.07, 6.45) is -4.49. The number of carbonyl (C=O) groups excluding carboxylic acids is 3. The van der Waals surface area contributed by atoms with Crippen LogP contribution in [0.5, 0.6) is 11.5 Å². The molecule has 10 nitrogen and oxygen atoms in total. The SMILES string of the molecule is CCOC(=O)C1=C(CN2CCN(C(=O)c3ccc(C(F)(F)F)cc3)[C@H](C)C2)N(C)C(=O)N[C@H]1c1cc(OC)cc(OC)c1. The molecule has 0 radical (unpaired) electrons. The highest BCUT2D eigenvalue weighted by atomic mass is 19.4. The first-order chi connectivity index (χ1) is 20.4. The zero-order chi connectivity index (χ0) is 31.5. The quantitative estimate of drug-likeness (QED) is 0.454. The molecule has 0 aromatic heterocycles. The molecule has 0 unspecified atom stereocenters. The summed E-state index contributed by atoms with van der Waals surface area (Å²) < 4.78 is 55.1. The van der Waals surface area contributed by atoms with Crippen LogP contribution < -0.4 is 14.8 Å². The maximum Gasteiger partial charge on any atom is 0.416 e. The average Bonchev–Trinajstić information content (AvgIpc) is 2.98. The van der Waals surface area contributed by atoms with Gasteiger partial charge in [0.15, 0.2) is 0 Å². The number of piperazine rings is 1. The van der Waals surface area contributed by atoms with Crippen molar-refractivity contribution in [3.8, 4) is 11.5 Å². The van der Waals surface area contributed by atoms with Gasteiger partial charge in [0.2, 0.25) is 0 Å². The number of methoxy groups -OCH3 is 2. The molecule has 43 heavy (non-hydrogen) atoms. The first-order valence-electron chi connectivity index (χ1n) is 13.8. The Labute approximate surface area is 248 Å². The van der Waals surface area contributed by atoms with Crippen LogP contribution in [-0.2, 0) is 15.7 Å². The van der Waals surface area contributed by atoms with Gasteiger partial charge in [0.05, 0.1) is 38.0 Å². The van der Waals surface area contributed by atoms with Gasteiger partial charge >= 0.3 is 18.2 Å². The highest BCUT2D eigenvalue weighted by Gasteiger charge is 2.39. The van der Waals surface area contributed by atoms with Crippen molar-refractivity contribution in [3.63, 3.8) is 0 Å². The maximum absolute atomic E-state index is 13.4. The second-order valence-corrected chi connectivity index (χ2v) is 10.3. The van der Waals surface area contributed by atoms with Gasteiger partial charge in [0.25, 0.3) is 5.91 Å². The molecule has 1 fully saturated rings. The zero-order valence-electron chi connectivity index (χ0n) is 24.7. The lowest BCUT2D eigenvalue weighted by atomic mass is 9.93. The van der Waals surface area contributed by atoms with Crippen molar-refractivity contribution in [1.82, 2.24) is 20.0 Å². The second kappa shape index (κ2) is 12.9. The number of hydrogen-bond acceptors (Lipinski definition) is 7. The largest absolute Gasteiger partial charge is 0.497 e. The van der Waals surface area contributed by atoms with Gasteiger partial charge < -0.3 is 24.4 Å². The van der Waals surface area contributed by atoms with E-state index in [0.29, 0.717) is 42.4 Å².